The quantitative estimate of drug-likeness (QED) is 0.668. The molecule has 0 spiro atoms. The fourth-order valence-corrected chi connectivity index (χ4v) is 3.69. The molecule has 27 heavy (non-hydrogen) atoms. The second-order valence-corrected chi connectivity index (χ2v) is 8.46. The van der Waals surface area contributed by atoms with Crippen LogP contribution in [0.25, 0.3) is 0 Å². The van der Waals surface area contributed by atoms with Crippen LogP contribution >= 0.6 is 27.7 Å². The van der Waals surface area contributed by atoms with Crippen LogP contribution in [-0.2, 0) is 4.79 Å². The lowest BCUT2D eigenvalue weighted by atomic mass is 10.1. The molecule has 0 bridgehead atoms. The number of aliphatic imine (C=N–C) groups is 1. The Kier molecular flexibility index (Phi) is 6.68. The zero-order valence-electron chi connectivity index (χ0n) is 15.2. The van der Waals surface area contributed by atoms with Gasteiger partial charge < -0.3 is 5.32 Å². The van der Waals surface area contributed by atoms with Crippen molar-refractivity contribution in [3.8, 4) is 0 Å². The van der Waals surface area contributed by atoms with Crippen molar-refractivity contribution >= 4 is 55.9 Å². The van der Waals surface area contributed by atoms with Gasteiger partial charge in [-0.15, -0.1) is 0 Å². The first-order valence-electron chi connectivity index (χ1n) is 8.69. The van der Waals surface area contributed by atoms with E-state index in [0.717, 1.165) is 38.0 Å². The summed E-state index contributed by atoms with van der Waals surface area (Å²) in [5.41, 5.74) is 6.68. The minimum Gasteiger partial charge on any atom is -0.326 e. The zero-order valence-corrected chi connectivity index (χ0v) is 17.6. The Morgan fingerprint density at radius 2 is 2.07 bits per heavy atom. The van der Waals surface area contributed by atoms with E-state index >= 15 is 0 Å². The van der Waals surface area contributed by atoms with E-state index in [4.69, 9.17) is 0 Å². The third-order valence-corrected chi connectivity index (χ3v) is 5.13. The van der Waals surface area contributed by atoms with Gasteiger partial charge in [0, 0.05) is 22.3 Å². The predicted molar refractivity (Wildman–Crippen MR) is 118 cm³/mol. The highest BCUT2D eigenvalue weighted by molar-refractivity contribution is 9.10. The van der Waals surface area contributed by atoms with Crippen molar-refractivity contribution < 1.29 is 4.79 Å². The summed E-state index contributed by atoms with van der Waals surface area (Å²) in [4.78, 5) is 16.4. The molecule has 7 heteroatoms. The maximum atomic E-state index is 11.9. The SMILES string of the molecule is CC(C)CC(=O)Nc1ccc(C2=NNC(=Nc3cccc(Br)c3)SC2)cc1. The topological polar surface area (TPSA) is 65.8 Å². The first-order chi connectivity index (χ1) is 13.0. The minimum atomic E-state index is 0.0402. The Morgan fingerprint density at radius 1 is 1.30 bits per heavy atom. The number of hydrogen-bond acceptors (Lipinski definition) is 4. The van der Waals surface area contributed by atoms with Gasteiger partial charge in [-0.05, 0) is 41.8 Å². The van der Waals surface area contributed by atoms with Gasteiger partial charge in [0.05, 0.1) is 11.4 Å². The third kappa shape index (κ3) is 5.94. The van der Waals surface area contributed by atoms with E-state index in [2.05, 4.69) is 36.8 Å². The van der Waals surface area contributed by atoms with Gasteiger partial charge in [-0.3, -0.25) is 10.2 Å². The maximum Gasteiger partial charge on any atom is 0.224 e. The molecule has 5 nitrogen and oxygen atoms in total. The van der Waals surface area contributed by atoms with Crippen LogP contribution in [-0.4, -0.2) is 22.5 Å². The summed E-state index contributed by atoms with van der Waals surface area (Å²) in [5.74, 6) is 1.12. The molecular formula is C20H21BrN4OS. The van der Waals surface area contributed by atoms with Gasteiger partial charge in [0.2, 0.25) is 5.91 Å². The largest absolute Gasteiger partial charge is 0.326 e. The summed E-state index contributed by atoms with van der Waals surface area (Å²) >= 11 is 5.06. The Hall–Kier alpha value is -2.12. The summed E-state index contributed by atoms with van der Waals surface area (Å²) in [7, 11) is 0. The molecule has 1 amide bonds. The standard InChI is InChI=1S/C20H21BrN4OS/c1-13(2)10-19(26)22-16-8-6-14(7-9-16)18-12-27-20(25-24-18)23-17-5-3-4-15(21)11-17/h3-9,11,13H,10,12H2,1-2H3,(H,22,26)(H,23,25). The van der Waals surface area contributed by atoms with Crippen LogP contribution in [0.15, 0.2) is 63.1 Å². The van der Waals surface area contributed by atoms with Crippen LogP contribution in [0, 0.1) is 5.92 Å². The molecule has 0 aliphatic carbocycles. The molecule has 0 saturated heterocycles. The second-order valence-electron chi connectivity index (χ2n) is 6.58. The van der Waals surface area contributed by atoms with E-state index in [9.17, 15) is 4.79 Å². The number of carbonyl (C=O) groups is 1. The summed E-state index contributed by atoms with van der Waals surface area (Å²) in [5, 5.41) is 8.14. The molecular weight excluding hydrogens is 424 g/mol. The first kappa shape index (κ1) is 19.6. The normalized spacial score (nSPS) is 15.4. The number of nitrogens with one attached hydrogen (secondary N) is 2. The highest BCUT2D eigenvalue weighted by Gasteiger charge is 2.13. The Bertz CT molecular complexity index is 878. The number of amidine groups is 1. The van der Waals surface area contributed by atoms with Crippen LogP contribution in [0.1, 0.15) is 25.8 Å². The van der Waals surface area contributed by atoms with Gasteiger partial charge in [-0.25, -0.2) is 4.99 Å². The predicted octanol–water partition coefficient (Wildman–Crippen LogP) is 5.16. The molecule has 140 valence electrons. The van der Waals surface area contributed by atoms with E-state index in [-0.39, 0.29) is 5.91 Å². The number of halogens is 1. The van der Waals surface area contributed by atoms with Crippen molar-refractivity contribution in [2.45, 2.75) is 20.3 Å². The molecule has 1 aliphatic rings. The second kappa shape index (κ2) is 9.19. The molecule has 2 aromatic rings. The Balaban J connectivity index is 1.63. The Labute approximate surface area is 171 Å². The molecule has 0 radical (unpaired) electrons. The van der Waals surface area contributed by atoms with Crippen molar-refractivity contribution in [1.29, 1.82) is 0 Å². The molecule has 2 N–H and O–H groups in total. The van der Waals surface area contributed by atoms with Crippen LogP contribution < -0.4 is 10.7 Å². The number of amides is 1. The van der Waals surface area contributed by atoms with E-state index in [1.54, 1.807) is 11.8 Å². The molecule has 3 rings (SSSR count). The maximum absolute atomic E-state index is 11.9. The van der Waals surface area contributed by atoms with E-state index < -0.39 is 0 Å². The van der Waals surface area contributed by atoms with Gasteiger partial charge in [-0.2, -0.15) is 5.10 Å². The van der Waals surface area contributed by atoms with Crippen molar-refractivity contribution in [2.75, 3.05) is 11.1 Å². The van der Waals surface area contributed by atoms with Gasteiger partial charge in [0.15, 0.2) is 5.17 Å². The Morgan fingerprint density at radius 3 is 2.70 bits per heavy atom. The molecule has 0 atom stereocenters. The van der Waals surface area contributed by atoms with Crippen LogP contribution in [0.3, 0.4) is 0 Å². The molecule has 0 unspecified atom stereocenters. The fraction of sp³-hybridized carbons (Fsp3) is 0.250. The lowest BCUT2D eigenvalue weighted by Crippen LogP contribution is -2.25. The molecule has 1 heterocycles. The number of hydrogen-bond donors (Lipinski definition) is 2. The molecule has 0 fully saturated rings. The fourth-order valence-electron chi connectivity index (χ4n) is 2.51. The molecule has 1 aliphatic heterocycles. The number of benzene rings is 2. The van der Waals surface area contributed by atoms with Crippen LogP contribution in [0.2, 0.25) is 0 Å². The van der Waals surface area contributed by atoms with Crippen LogP contribution in [0.5, 0.6) is 0 Å². The van der Waals surface area contributed by atoms with Gasteiger partial charge in [-0.1, -0.05) is 59.7 Å². The van der Waals surface area contributed by atoms with Crippen molar-refractivity contribution in [1.82, 2.24) is 5.43 Å². The number of anilines is 1. The smallest absolute Gasteiger partial charge is 0.224 e. The monoisotopic (exact) mass is 444 g/mol. The summed E-state index contributed by atoms with van der Waals surface area (Å²) in [6, 6.07) is 15.6. The zero-order chi connectivity index (χ0) is 19.2. The highest BCUT2D eigenvalue weighted by atomic mass is 79.9. The number of hydrazone groups is 1. The average Bonchev–Trinajstić information content (AvgIpc) is 2.62. The number of nitrogens with zero attached hydrogens (tertiary/aromatic N) is 2. The minimum absolute atomic E-state index is 0.0402. The van der Waals surface area contributed by atoms with Crippen molar-refractivity contribution in [3.05, 3.63) is 58.6 Å². The summed E-state index contributed by atoms with van der Waals surface area (Å²) in [6.07, 6.45) is 0.523. The van der Waals surface area contributed by atoms with Gasteiger partial charge in [0.25, 0.3) is 0 Å². The number of rotatable bonds is 5. The van der Waals surface area contributed by atoms with Gasteiger partial charge >= 0.3 is 0 Å². The summed E-state index contributed by atoms with van der Waals surface area (Å²) in [6.45, 7) is 4.06. The van der Waals surface area contributed by atoms with E-state index in [0.29, 0.717) is 12.3 Å². The lowest BCUT2D eigenvalue weighted by molar-refractivity contribution is -0.116. The molecule has 0 aromatic heterocycles. The first-order valence-corrected chi connectivity index (χ1v) is 10.5. The molecule has 0 saturated carbocycles. The third-order valence-electron chi connectivity index (χ3n) is 3.77. The lowest BCUT2D eigenvalue weighted by Gasteiger charge is -2.15. The van der Waals surface area contributed by atoms with Gasteiger partial charge in [0.1, 0.15) is 0 Å². The van der Waals surface area contributed by atoms with E-state index in [1.807, 2.05) is 62.4 Å². The molecule has 2 aromatic carbocycles. The van der Waals surface area contributed by atoms with Crippen molar-refractivity contribution in [2.24, 2.45) is 16.0 Å². The van der Waals surface area contributed by atoms with Crippen molar-refractivity contribution in [3.63, 3.8) is 0 Å². The highest BCUT2D eigenvalue weighted by Crippen LogP contribution is 2.22. The number of thioether (sulfide) groups is 1. The van der Waals surface area contributed by atoms with Crippen LogP contribution in [0.4, 0.5) is 11.4 Å². The summed E-state index contributed by atoms with van der Waals surface area (Å²) < 4.78 is 0.995. The number of carbonyl (C=O) groups excluding carboxylic acids is 1. The van der Waals surface area contributed by atoms with E-state index in [1.165, 1.54) is 0 Å². The average molecular weight is 445 g/mol.